The zero-order chi connectivity index (χ0) is 13.0. The molecule has 1 heterocycles. The van der Waals surface area contributed by atoms with Crippen LogP contribution in [0, 0.1) is 0 Å². The number of hydrogen-bond donors (Lipinski definition) is 1. The molecule has 0 unspecified atom stereocenters. The quantitative estimate of drug-likeness (QED) is 0.896. The van der Waals surface area contributed by atoms with E-state index in [2.05, 4.69) is 9.97 Å². The first-order valence-electron chi connectivity index (χ1n) is 6.09. The topological polar surface area (TPSA) is 61.0 Å². The monoisotopic (exact) mass is 243 g/mol. The first kappa shape index (κ1) is 12.4. The van der Waals surface area contributed by atoms with Crippen LogP contribution in [-0.4, -0.2) is 16.6 Å². The van der Waals surface area contributed by atoms with Crippen molar-refractivity contribution in [2.24, 2.45) is 0 Å². The normalized spacial score (nSPS) is 10.3. The Morgan fingerprint density at radius 2 is 1.83 bits per heavy atom. The van der Waals surface area contributed by atoms with E-state index in [0.717, 1.165) is 29.3 Å². The van der Waals surface area contributed by atoms with Crippen molar-refractivity contribution in [2.75, 3.05) is 12.3 Å². The summed E-state index contributed by atoms with van der Waals surface area (Å²) in [7, 11) is 0. The lowest BCUT2D eigenvalue weighted by molar-refractivity contribution is 0.340. The average molecular weight is 243 g/mol. The van der Waals surface area contributed by atoms with Crippen LogP contribution in [0.25, 0.3) is 11.3 Å². The van der Waals surface area contributed by atoms with Crippen molar-refractivity contribution < 1.29 is 4.74 Å². The molecule has 1 aromatic carbocycles. The summed E-state index contributed by atoms with van der Waals surface area (Å²) in [6.45, 7) is 4.64. The van der Waals surface area contributed by atoms with Gasteiger partial charge in [0.25, 0.3) is 0 Å². The summed E-state index contributed by atoms with van der Waals surface area (Å²) in [4.78, 5) is 8.63. The second kappa shape index (κ2) is 5.49. The van der Waals surface area contributed by atoms with E-state index < -0.39 is 0 Å². The standard InChI is InChI=1S/C14H17N3O/c1-3-14-16-12(9-13(15)17-14)10-5-7-11(8-6-10)18-4-2/h5-9H,3-4H2,1-2H3,(H2,15,16,17). The number of aromatic nitrogens is 2. The fourth-order valence-corrected chi connectivity index (χ4v) is 1.71. The summed E-state index contributed by atoms with van der Waals surface area (Å²) in [6, 6.07) is 9.61. The van der Waals surface area contributed by atoms with E-state index in [1.807, 2.05) is 38.1 Å². The van der Waals surface area contributed by atoms with Gasteiger partial charge in [-0.2, -0.15) is 0 Å². The van der Waals surface area contributed by atoms with Crippen LogP contribution in [-0.2, 0) is 6.42 Å². The highest BCUT2D eigenvalue weighted by Crippen LogP contribution is 2.22. The zero-order valence-corrected chi connectivity index (χ0v) is 10.7. The highest BCUT2D eigenvalue weighted by atomic mass is 16.5. The lowest BCUT2D eigenvalue weighted by atomic mass is 10.1. The maximum atomic E-state index is 5.77. The van der Waals surface area contributed by atoms with Crippen molar-refractivity contribution >= 4 is 5.82 Å². The number of hydrogen-bond acceptors (Lipinski definition) is 4. The van der Waals surface area contributed by atoms with E-state index in [4.69, 9.17) is 10.5 Å². The van der Waals surface area contributed by atoms with Crippen LogP contribution in [0.5, 0.6) is 5.75 Å². The van der Waals surface area contributed by atoms with Gasteiger partial charge >= 0.3 is 0 Å². The Kier molecular flexibility index (Phi) is 3.77. The second-order valence-electron chi connectivity index (χ2n) is 3.91. The molecule has 1 aromatic heterocycles. The fraction of sp³-hybridized carbons (Fsp3) is 0.286. The summed E-state index contributed by atoms with van der Waals surface area (Å²) < 4.78 is 5.41. The van der Waals surface area contributed by atoms with E-state index in [1.165, 1.54) is 0 Å². The molecule has 0 spiro atoms. The van der Waals surface area contributed by atoms with Crippen molar-refractivity contribution in [2.45, 2.75) is 20.3 Å². The Hall–Kier alpha value is -2.10. The molecule has 0 fully saturated rings. The summed E-state index contributed by atoms with van der Waals surface area (Å²) >= 11 is 0. The Balaban J connectivity index is 2.33. The first-order valence-corrected chi connectivity index (χ1v) is 6.09. The molecule has 4 heteroatoms. The number of ether oxygens (including phenoxy) is 1. The zero-order valence-electron chi connectivity index (χ0n) is 10.7. The Morgan fingerprint density at radius 1 is 1.11 bits per heavy atom. The van der Waals surface area contributed by atoms with E-state index >= 15 is 0 Å². The molecule has 0 saturated heterocycles. The van der Waals surface area contributed by atoms with Gasteiger partial charge in [0.15, 0.2) is 0 Å². The van der Waals surface area contributed by atoms with Crippen LogP contribution in [0.4, 0.5) is 5.82 Å². The molecule has 0 radical (unpaired) electrons. The van der Waals surface area contributed by atoms with Gasteiger partial charge in [-0.05, 0) is 31.2 Å². The van der Waals surface area contributed by atoms with Gasteiger partial charge in [0, 0.05) is 18.1 Å². The third-order valence-electron chi connectivity index (χ3n) is 2.57. The van der Waals surface area contributed by atoms with Crippen molar-refractivity contribution in [3.8, 4) is 17.0 Å². The van der Waals surface area contributed by atoms with Crippen LogP contribution in [0.15, 0.2) is 30.3 Å². The van der Waals surface area contributed by atoms with Gasteiger partial charge in [-0.15, -0.1) is 0 Å². The van der Waals surface area contributed by atoms with Crippen LogP contribution in [0.1, 0.15) is 19.7 Å². The average Bonchev–Trinajstić information content (AvgIpc) is 2.39. The Bertz CT molecular complexity index is 523. The van der Waals surface area contributed by atoms with Crippen molar-refractivity contribution in [1.29, 1.82) is 0 Å². The number of nitrogens with two attached hydrogens (primary N) is 1. The number of nitrogen functional groups attached to an aromatic ring is 1. The second-order valence-corrected chi connectivity index (χ2v) is 3.91. The lowest BCUT2D eigenvalue weighted by Gasteiger charge is -2.06. The van der Waals surface area contributed by atoms with Crippen LogP contribution < -0.4 is 10.5 Å². The van der Waals surface area contributed by atoms with Crippen LogP contribution in [0.2, 0.25) is 0 Å². The van der Waals surface area contributed by atoms with Gasteiger partial charge in [-0.3, -0.25) is 0 Å². The molecule has 0 atom stereocenters. The number of nitrogens with zero attached hydrogens (tertiary/aromatic N) is 2. The van der Waals surface area contributed by atoms with Crippen LogP contribution >= 0.6 is 0 Å². The number of rotatable bonds is 4. The van der Waals surface area contributed by atoms with E-state index in [9.17, 15) is 0 Å². The molecule has 0 amide bonds. The third-order valence-corrected chi connectivity index (χ3v) is 2.57. The highest BCUT2D eigenvalue weighted by molar-refractivity contribution is 5.62. The largest absolute Gasteiger partial charge is 0.494 e. The molecule has 2 rings (SSSR count). The van der Waals surface area contributed by atoms with Gasteiger partial charge in [-0.1, -0.05) is 6.92 Å². The van der Waals surface area contributed by atoms with Gasteiger partial charge in [0.05, 0.1) is 12.3 Å². The number of anilines is 1. The molecular formula is C14H17N3O. The summed E-state index contributed by atoms with van der Waals surface area (Å²) in [5.74, 6) is 2.13. The van der Waals surface area contributed by atoms with Gasteiger partial charge in [0.1, 0.15) is 17.4 Å². The predicted octanol–water partition coefficient (Wildman–Crippen LogP) is 2.69. The summed E-state index contributed by atoms with van der Waals surface area (Å²) in [6.07, 6.45) is 0.773. The minimum absolute atomic E-state index is 0.505. The molecule has 2 N–H and O–H groups in total. The number of aryl methyl sites for hydroxylation is 1. The first-order chi connectivity index (χ1) is 8.72. The molecule has 0 aliphatic heterocycles. The molecule has 94 valence electrons. The van der Waals surface area contributed by atoms with Gasteiger partial charge < -0.3 is 10.5 Å². The molecular weight excluding hydrogens is 226 g/mol. The molecule has 0 bridgehead atoms. The molecule has 2 aromatic rings. The lowest BCUT2D eigenvalue weighted by Crippen LogP contribution is -2.00. The SMILES string of the molecule is CCOc1ccc(-c2cc(N)nc(CC)n2)cc1. The minimum Gasteiger partial charge on any atom is -0.494 e. The molecule has 4 nitrogen and oxygen atoms in total. The highest BCUT2D eigenvalue weighted by Gasteiger charge is 2.04. The van der Waals surface area contributed by atoms with E-state index in [1.54, 1.807) is 6.07 Å². The fourth-order valence-electron chi connectivity index (χ4n) is 1.71. The molecule has 0 aliphatic carbocycles. The van der Waals surface area contributed by atoms with E-state index in [0.29, 0.717) is 12.4 Å². The summed E-state index contributed by atoms with van der Waals surface area (Å²) in [5.41, 5.74) is 7.64. The smallest absolute Gasteiger partial charge is 0.131 e. The van der Waals surface area contributed by atoms with Crippen molar-refractivity contribution in [1.82, 2.24) is 9.97 Å². The number of benzene rings is 1. The minimum atomic E-state index is 0.505. The van der Waals surface area contributed by atoms with Crippen molar-refractivity contribution in [3.63, 3.8) is 0 Å². The van der Waals surface area contributed by atoms with Gasteiger partial charge in [0.2, 0.25) is 0 Å². The van der Waals surface area contributed by atoms with Crippen LogP contribution in [0.3, 0.4) is 0 Å². The molecule has 0 aliphatic rings. The Morgan fingerprint density at radius 3 is 2.44 bits per heavy atom. The summed E-state index contributed by atoms with van der Waals surface area (Å²) in [5, 5.41) is 0. The van der Waals surface area contributed by atoms with E-state index in [-0.39, 0.29) is 0 Å². The molecule has 18 heavy (non-hydrogen) atoms. The maximum Gasteiger partial charge on any atom is 0.131 e. The van der Waals surface area contributed by atoms with Gasteiger partial charge in [-0.25, -0.2) is 9.97 Å². The third kappa shape index (κ3) is 2.77. The Labute approximate surface area is 107 Å². The maximum absolute atomic E-state index is 5.77. The van der Waals surface area contributed by atoms with Crippen molar-refractivity contribution in [3.05, 3.63) is 36.2 Å². The predicted molar refractivity (Wildman–Crippen MR) is 72.4 cm³/mol. The molecule has 0 saturated carbocycles.